The van der Waals surface area contributed by atoms with E-state index in [0.717, 1.165) is 12.1 Å². The number of carbonyl (C=O) groups is 2. The Hall–Kier alpha value is -2.57. The summed E-state index contributed by atoms with van der Waals surface area (Å²) in [7, 11) is 0. The van der Waals surface area contributed by atoms with Crippen molar-refractivity contribution in [1.29, 1.82) is 0 Å². The molecule has 26 heavy (non-hydrogen) atoms. The third-order valence-electron chi connectivity index (χ3n) is 3.99. The van der Waals surface area contributed by atoms with Gasteiger partial charge in [0.05, 0.1) is 0 Å². The van der Waals surface area contributed by atoms with Crippen LogP contribution in [0.15, 0.2) is 48.5 Å². The molecular weight excluding hydrogens is 354 g/mol. The summed E-state index contributed by atoms with van der Waals surface area (Å²) < 4.78 is 5.41. The van der Waals surface area contributed by atoms with Crippen LogP contribution in [-0.2, 0) is 4.79 Å². The zero-order chi connectivity index (χ0) is 17.6. The topological polar surface area (TPSA) is 84.7 Å². The molecule has 1 heterocycles. The van der Waals surface area contributed by atoms with Crippen molar-refractivity contribution in [2.45, 2.75) is 12.8 Å². The molecule has 0 saturated carbocycles. The minimum absolute atomic E-state index is 0. The number of halogens is 1. The monoisotopic (exact) mass is 375 g/mol. The Labute approximate surface area is 158 Å². The predicted molar refractivity (Wildman–Crippen MR) is 104 cm³/mol. The molecular formula is C19H22ClN3O3. The third kappa shape index (κ3) is 4.74. The normalized spacial score (nSPS) is 13.3. The zero-order valence-corrected chi connectivity index (χ0v) is 15.1. The summed E-state index contributed by atoms with van der Waals surface area (Å²) in [5.74, 6) is 0.591. The lowest BCUT2D eigenvalue weighted by Gasteiger charge is -2.16. The largest absolute Gasteiger partial charge is 0.492 e. The summed E-state index contributed by atoms with van der Waals surface area (Å²) in [5.41, 5.74) is 7.35. The standard InChI is InChI=1S/C19H21N3O3.ClH/c20-10-12-25-17-8-6-15(7-9-17)21-19(24)14-3-1-4-16(13-14)22-11-2-5-18(22)23;/h1,3-4,6-9,13H,2,5,10-12,20H2,(H,21,24);1H. The van der Waals surface area contributed by atoms with Gasteiger partial charge >= 0.3 is 0 Å². The van der Waals surface area contributed by atoms with Crippen LogP contribution in [0.2, 0.25) is 0 Å². The van der Waals surface area contributed by atoms with Gasteiger partial charge in [-0.3, -0.25) is 9.59 Å². The van der Waals surface area contributed by atoms with Gasteiger partial charge in [0.25, 0.3) is 5.91 Å². The highest BCUT2D eigenvalue weighted by Gasteiger charge is 2.22. The summed E-state index contributed by atoms with van der Waals surface area (Å²) in [5, 5.41) is 2.85. The molecule has 0 unspecified atom stereocenters. The molecule has 6 nitrogen and oxygen atoms in total. The highest BCUT2D eigenvalue weighted by Crippen LogP contribution is 2.23. The van der Waals surface area contributed by atoms with Gasteiger partial charge in [-0.25, -0.2) is 0 Å². The van der Waals surface area contributed by atoms with Crippen LogP contribution >= 0.6 is 12.4 Å². The molecule has 1 fully saturated rings. The first-order valence-corrected chi connectivity index (χ1v) is 8.32. The molecule has 2 aromatic rings. The second kappa shape index (κ2) is 9.22. The fourth-order valence-corrected chi connectivity index (χ4v) is 2.75. The lowest BCUT2D eigenvalue weighted by molar-refractivity contribution is -0.117. The summed E-state index contributed by atoms with van der Waals surface area (Å²) in [6, 6.07) is 14.2. The Bertz CT molecular complexity index is 765. The number of carbonyl (C=O) groups excluding carboxylic acids is 2. The van der Waals surface area contributed by atoms with E-state index in [4.69, 9.17) is 10.5 Å². The fourth-order valence-electron chi connectivity index (χ4n) is 2.75. The number of hydrogen-bond acceptors (Lipinski definition) is 4. The molecule has 0 radical (unpaired) electrons. The van der Waals surface area contributed by atoms with E-state index in [1.54, 1.807) is 47.4 Å². The van der Waals surface area contributed by atoms with Crippen LogP contribution in [0.1, 0.15) is 23.2 Å². The average Bonchev–Trinajstić information content (AvgIpc) is 3.07. The van der Waals surface area contributed by atoms with E-state index >= 15 is 0 Å². The minimum Gasteiger partial charge on any atom is -0.492 e. The van der Waals surface area contributed by atoms with Crippen molar-refractivity contribution in [1.82, 2.24) is 0 Å². The van der Waals surface area contributed by atoms with Crippen molar-refractivity contribution in [2.75, 3.05) is 29.9 Å². The first-order chi connectivity index (χ1) is 12.2. The minimum atomic E-state index is -0.218. The second-order valence-corrected chi connectivity index (χ2v) is 5.81. The van der Waals surface area contributed by atoms with E-state index in [1.807, 2.05) is 6.07 Å². The van der Waals surface area contributed by atoms with Gasteiger partial charge in [0.15, 0.2) is 0 Å². The lowest BCUT2D eigenvalue weighted by atomic mass is 10.1. The molecule has 0 aromatic heterocycles. The Kier molecular flexibility index (Phi) is 7.00. The molecule has 3 N–H and O–H groups in total. The van der Waals surface area contributed by atoms with Gasteiger partial charge in [0, 0.05) is 36.4 Å². The van der Waals surface area contributed by atoms with Crippen molar-refractivity contribution >= 4 is 35.6 Å². The van der Waals surface area contributed by atoms with Crippen molar-refractivity contribution in [3.05, 3.63) is 54.1 Å². The lowest BCUT2D eigenvalue weighted by Crippen LogP contribution is -2.24. The first kappa shape index (κ1) is 19.8. The maximum absolute atomic E-state index is 12.5. The van der Waals surface area contributed by atoms with E-state index in [1.165, 1.54) is 0 Å². The van der Waals surface area contributed by atoms with E-state index in [9.17, 15) is 9.59 Å². The number of ether oxygens (including phenoxy) is 1. The smallest absolute Gasteiger partial charge is 0.255 e. The van der Waals surface area contributed by atoms with Crippen LogP contribution in [-0.4, -0.2) is 31.5 Å². The van der Waals surface area contributed by atoms with E-state index in [-0.39, 0.29) is 24.2 Å². The molecule has 0 bridgehead atoms. The number of nitrogens with zero attached hydrogens (tertiary/aromatic N) is 1. The van der Waals surface area contributed by atoms with Gasteiger partial charge in [-0.05, 0) is 48.9 Å². The average molecular weight is 376 g/mol. The second-order valence-electron chi connectivity index (χ2n) is 5.81. The van der Waals surface area contributed by atoms with E-state index in [0.29, 0.717) is 43.1 Å². The summed E-state index contributed by atoms with van der Waals surface area (Å²) in [6.45, 7) is 1.61. The molecule has 3 rings (SSSR count). The Morgan fingerprint density at radius 3 is 2.62 bits per heavy atom. The summed E-state index contributed by atoms with van der Waals surface area (Å²) >= 11 is 0. The molecule has 1 aliphatic heterocycles. The highest BCUT2D eigenvalue weighted by atomic mass is 35.5. The quantitative estimate of drug-likeness (QED) is 0.813. The van der Waals surface area contributed by atoms with Crippen LogP contribution in [0.4, 0.5) is 11.4 Å². The SMILES string of the molecule is Cl.NCCOc1ccc(NC(=O)c2cccc(N3CCCC3=O)c2)cc1. The van der Waals surface area contributed by atoms with Gasteiger partial charge in [-0.2, -0.15) is 0 Å². The predicted octanol–water partition coefficient (Wildman–Crippen LogP) is 2.83. The number of anilines is 2. The number of hydrogen-bond donors (Lipinski definition) is 2. The van der Waals surface area contributed by atoms with Gasteiger partial charge in [-0.1, -0.05) is 6.07 Å². The highest BCUT2D eigenvalue weighted by molar-refractivity contribution is 6.05. The molecule has 0 atom stereocenters. The molecule has 1 saturated heterocycles. The first-order valence-electron chi connectivity index (χ1n) is 8.32. The Balaban J connectivity index is 0.00000243. The molecule has 1 aliphatic rings. The molecule has 0 aliphatic carbocycles. The van der Waals surface area contributed by atoms with Gasteiger partial charge in [0.1, 0.15) is 12.4 Å². The number of nitrogens with one attached hydrogen (secondary N) is 1. The van der Waals surface area contributed by atoms with Crippen LogP contribution < -0.4 is 20.7 Å². The summed E-state index contributed by atoms with van der Waals surface area (Å²) in [6.07, 6.45) is 1.42. The Morgan fingerprint density at radius 2 is 1.96 bits per heavy atom. The third-order valence-corrected chi connectivity index (χ3v) is 3.99. The number of amides is 2. The molecule has 2 amide bonds. The van der Waals surface area contributed by atoms with E-state index in [2.05, 4.69) is 5.32 Å². The maximum Gasteiger partial charge on any atom is 0.255 e. The summed E-state index contributed by atoms with van der Waals surface area (Å²) in [4.78, 5) is 26.0. The van der Waals surface area contributed by atoms with Crippen molar-refractivity contribution < 1.29 is 14.3 Å². The van der Waals surface area contributed by atoms with Crippen LogP contribution in [0.3, 0.4) is 0 Å². The molecule has 2 aromatic carbocycles. The molecule has 7 heteroatoms. The van der Waals surface area contributed by atoms with Crippen molar-refractivity contribution in [2.24, 2.45) is 5.73 Å². The van der Waals surface area contributed by atoms with Gasteiger partial charge < -0.3 is 20.7 Å². The number of nitrogens with two attached hydrogens (primary N) is 1. The van der Waals surface area contributed by atoms with E-state index < -0.39 is 0 Å². The van der Waals surface area contributed by atoms with Crippen LogP contribution in [0.5, 0.6) is 5.75 Å². The Morgan fingerprint density at radius 1 is 1.19 bits per heavy atom. The van der Waals surface area contributed by atoms with Gasteiger partial charge in [0.2, 0.25) is 5.91 Å². The van der Waals surface area contributed by atoms with Crippen molar-refractivity contribution in [3.8, 4) is 5.75 Å². The van der Waals surface area contributed by atoms with Crippen LogP contribution in [0, 0.1) is 0 Å². The zero-order valence-electron chi connectivity index (χ0n) is 14.3. The number of benzene rings is 2. The fraction of sp³-hybridized carbons (Fsp3) is 0.263. The van der Waals surface area contributed by atoms with Gasteiger partial charge in [-0.15, -0.1) is 12.4 Å². The maximum atomic E-state index is 12.5. The van der Waals surface area contributed by atoms with Crippen molar-refractivity contribution in [3.63, 3.8) is 0 Å². The molecule has 0 spiro atoms. The number of rotatable bonds is 6. The van der Waals surface area contributed by atoms with Crippen LogP contribution in [0.25, 0.3) is 0 Å². The molecule has 138 valence electrons.